The van der Waals surface area contributed by atoms with E-state index in [0.29, 0.717) is 27.5 Å². The van der Waals surface area contributed by atoms with Crippen LogP contribution >= 0.6 is 0 Å². The highest BCUT2D eigenvalue weighted by Gasteiger charge is 2.07. The maximum atomic E-state index is 12.3. The average molecular weight is 313 g/mol. The van der Waals surface area contributed by atoms with Crippen molar-refractivity contribution in [2.24, 2.45) is 11.5 Å². The third-order valence-electron chi connectivity index (χ3n) is 2.99. The van der Waals surface area contributed by atoms with Crippen LogP contribution < -0.4 is 27.4 Å². The van der Waals surface area contributed by atoms with E-state index in [4.69, 9.17) is 4.42 Å². The zero-order chi connectivity index (χ0) is 17.0. The van der Waals surface area contributed by atoms with Crippen molar-refractivity contribution in [3.05, 3.63) is 58.3 Å². The first-order chi connectivity index (χ1) is 10.9. The molecule has 7 nitrogen and oxygen atoms in total. The van der Waals surface area contributed by atoms with Gasteiger partial charge in [0, 0.05) is 12.4 Å². The number of carboxylic acid groups (broad SMARTS) is 1. The number of carbonyl (C=O) groups is 1. The summed E-state index contributed by atoms with van der Waals surface area (Å²) in [5.41, 5.74) is 10.5. The van der Waals surface area contributed by atoms with Gasteiger partial charge in [0.05, 0.1) is 10.8 Å². The Kier molecular flexibility index (Phi) is 4.61. The van der Waals surface area contributed by atoms with Gasteiger partial charge in [-0.2, -0.15) is 0 Å². The first kappa shape index (κ1) is 16.0. The van der Waals surface area contributed by atoms with Gasteiger partial charge < -0.3 is 14.3 Å². The SMILES string of the molecule is NC(N)=[NH2+].O=C([O-])Cc1ccc2oc3ccccc3c(=O)c2c1. The normalized spacial score (nSPS) is 10.1. The molecular weight excluding hydrogens is 298 g/mol. The molecule has 118 valence electrons. The van der Waals surface area contributed by atoms with E-state index in [2.05, 4.69) is 16.9 Å². The largest absolute Gasteiger partial charge is 0.550 e. The molecule has 1 aromatic heterocycles. The lowest BCUT2D eigenvalue weighted by Gasteiger charge is -2.05. The summed E-state index contributed by atoms with van der Waals surface area (Å²) in [7, 11) is 0. The standard InChI is InChI=1S/C15H10O4.CH5N3/c16-14(17)8-9-5-6-13-11(7-9)15(18)10-3-1-2-4-12(10)19-13;2-1(3)4/h1-7H,8H2,(H,16,17);(H5,2,3,4). The summed E-state index contributed by atoms with van der Waals surface area (Å²) in [4.78, 5) is 22.9. The van der Waals surface area contributed by atoms with Crippen molar-refractivity contribution in [3.63, 3.8) is 0 Å². The Bertz CT molecular complexity index is 943. The van der Waals surface area contributed by atoms with Crippen molar-refractivity contribution in [1.82, 2.24) is 0 Å². The van der Waals surface area contributed by atoms with E-state index in [-0.39, 0.29) is 17.8 Å². The maximum Gasteiger partial charge on any atom is 0.336 e. The fourth-order valence-corrected chi connectivity index (χ4v) is 2.13. The summed E-state index contributed by atoms with van der Waals surface area (Å²) < 4.78 is 5.62. The molecule has 2 aromatic carbocycles. The molecule has 3 rings (SSSR count). The van der Waals surface area contributed by atoms with Crippen LogP contribution in [-0.4, -0.2) is 11.9 Å². The molecule has 6 N–H and O–H groups in total. The summed E-state index contributed by atoms with van der Waals surface area (Å²) in [5, 5.41) is 16.0. The summed E-state index contributed by atoms with van der Waals surface area (Å²) in [6, 6.07) is 11.7. The molecule has 0 fully saturated rings. The number of carboxylic acids is 1. The van der Waals surface area contributed by atoms with E-state index < -0.39 is 5.97 Å². The highest BCUT2D eigenvalue weighted by Crippen LogP contribution is 2.19. The summed E-state index contributed by atoms with van der Waals surface area (Å²) in [5.74, 6) is -1.26. The Morgan fingerprint density at radius 2 is 1.70 bits per heavy atom. The van der Waals surface area contributed by atoms with Gasteiger partial charge >= 0.3 is 5.96 Å². The van der Waals surface area contributed by atoms with E-state index in [1.54, 1.807) is 42.5 Å². The van der Waals surface area contributed by atoms with Crippen LogP contribution in [0.15, 0.2) is 51.7 Å². The van der Waals surface area contributed by atoms with E-state index >= 15 is 0 Å². The van der Waals surface area contributed by atoms with Crippen molar-refractivity contribution in [3.8, 4) is 0 Å². The van der Waals surface area contributed by atoms with Gasteiger partial charge in [-0.3, -0.25) is 21.7 Å². The number of para-hydroxylation sites is 1. The molecule has 0 aliphatic rings. The molecule has 0 aliphatic carbocycles. The molecule has 0 atom stereocenters. The van der Waals surface area contributed by atoms with Gasteiger partial charge in [-0.1, -0.05) is 18.2 Å². The molecule has 0 unspecified atom stereocenters. The van der Waals surface area contributed by atoms with Crippen LogP contribution in [-0.2, 0) is 11.2 Å². The van der Waals surface area contributed by atoms with E-state index in [1.165, 1.54) is 0 Å². The highest BCUT2D eigenvalue weighted by atomic mass is 16.4. The minimum absolute atomic E-state index is 0.0833. The van der Waals surface area contributed by atoms with Crippen molar-refractivity contribution >= 4 is 33.9 Å². The highest BCUT2D eigenvalue weighted by molar-refractivity contribution is 5.90. The van der Waals surface area contributed by atoms with Crippen LogP contribution in [0.2, 0.25) is 0 Å². The lowest BCUT2D eigenvalue weighted by atomic mass is 10.1. The Balaban J connectivity index is 0.000000433. The zero-order valence-corrected chi connectivity index (χ0v) is 12.1. The molecule has 0 saturated heterocycles. The smallest absolute Gasteiger partial charge is 0.336 e. The van der Waals surface area contributed by atoms with Crippen LogP contribution in [0.1, 0.15) is 5.56 Å². The predicted molar refractivity (Wildman–Crippen MR) is 84.0 cm³/mol. The van der Waals surface area contributed by atoms with Crippen molar-refractivity contribution < 1.29 is 19.7 Å². The minimum Gasteiger partial charge on any atom is -0.550 e. The van der Waals surface area contributed by atoms with Crippen molar-refractivity contribution in [1.29, 1.82) is 0 Å². The molecule has 0 bridgehead atoms. The van der Waals surface area contributed by atoms with Gasteiger partial charge in [0.1, 0.15) is 11.2 Å². The van der Waals surface area contributed by atoms with E-state index in [9.17, 15) is 14.7 Å². The second kappa shape index (κ2) is 6.61. The molecule has 7 heteroatoms. The van der Waals surface area contributed by atoms with Gasteiger partial charge in [-0.05, 0) is 29.8 Å². The number of fused-ring (bicyclic) bond motifs is 2. The number of hydrogen-bond donors (Lipinski definition) is 3. The summed E-state index contributed by atoms with van der Waals surface area (Å²) in [6.45, 7) is 0. The Labute approximate surface area is 130 Å². The van der Waals surface area contributed by atoms with Gasteiger partial charge in [0.15, 0.2) is 0 Å². The molecule has 0 radical (unpaired) electrons. The lowest BCUT2D eigenvalue weighted by Crippen LogP contribution is -2.51. The number of guanidine groups is 1. The number of aliphatic carboxylic acids is 1. The van der Waals surface area contributed by atoms with Gasteiger partial charge in [0.25, 0.3) is 0 Å². The Morgan fingerprint density at radius 1 is 1.09 bits per heavy atom. The molecule has 0 saturated carbocycles. The monoisotopic (exact) mass is 313 g/mol. The van der Waals surface area contributed by atoms with Gasteiger partial charge in [-0.25, -0.2) is 0 Å². The third kappa shape index (κ3) is 3.85. The first-order valence-corrected chi connectivity index (χ1v) is 6.66. The topological polar surface area (TPSA) is 148 Å². The van der Waals surface area contributed by atoms with E-state index in [0.717, 1.165) is 0 Å². The molecule has 23 heavy (non-hydrogen) atoms. The number of rotatable bonds is 2. The van der Waals surface area contributed by atoms with Crippen LogP contribution in [0.4, 0.5) is 0 Å². The maximum absolute atomic E-state index is 12.3. The van der Waals surface area contributed by atoms with E-state index in [1.807, 2.05) is 0 Å². The third-order valence-corrected chi connectivity index (χ3v) is 2.99. The second-order valence-corrected chi connectivity index (χ2v) is 4.81. The minimum atomic E-state index is -1.18. The second-order valence-electron chi connectivity index (χ2n) is 4.81. The fraction of sp³-hybridized carbons (Fsp3) is 0.0625. The van der Waals surface area contributed by atoms with Crippen molar-refractivity contribution in [2.75, 3.05) is 0 Å². The Morgan fingerprint density at radius 3 is 2.35 bits per heavy atom. The molecule has 0 aliphatic heterocycles. The van der Waals surface area contributed by atoms with Crippen LogP contribution in [0.5, 0.6) is 0 Å². The summed E-state index contributed by atoms with van der Waals surface area (Å²) >= 11 is 0. The van der Waals surface area contributed by atoms with Gasteiger partial charge in [-0.15, -0.1) is 0 Å². The summed E-state index contributed by atoms with van der Waals surface area (Å²) in [6.07, 6.45) is -0.220. The number of nitrogens with two attached hydrogens (primary N) is 3. The molecular formula is C16H15N3O4. The quantitative estimate of drug-likeness (QED) is 0.290. The first-order valence-electron chi connectivity index (χ1n) is 6.66. The lowest BCUT2D eigenvalue weighted by molar-refractivity contribution is -0.304. The Hall–Kier alpha value is -3.35. The average Bonchev–Trinajstić information content (AvgIpc) is 2.47. The van der Waals surface area contributed by atoms with Crippen LogP contribution in [0, 0.1) is 0 Å². The molecule has 1 heterocycles. The number of hydrogen-bond acceptors (Lipinski definition) is 4. The molecule has 0 amide bonds. The molecule has 0 spiro atoms. The number of carbonyl (C=O) groups excluding carboxylic acids is 1. The zero-order valence-electron chi connectivity index (χ0n) is 12.1. The predicted octanol–water partition coefficient (Wildman–Crippen LogP) is -1.74. The van der Waals surface area contributed by atoms with Gasteiger partial charge in [0.2, 0.25) is 5.43 Å². The van der Waals surface area contributed by atoms with Crippen molar-refractivity contribution in [2.45, 2.75) is 6.42 Å². The fourth-order valence-electron chi connectivity index (χ4n) is 2.13. The van der Waals surface area contributed by atoms with Crippen LogP contribution in [0.25, 0.3) is 21.9 Å². The molecule has 3 aromatic rings. The van der Waals surface area contributed by atoms with Crippen LogP contribution in [0.3, 0.4) is 0 Å². The number of benzene rings is 2.